The zero-order valence-electron chi connectivity index (χ0n) is 18.0. The lowest BCUT2D eigenvalue weighted by atomic mass is 10.0. The summed E-state index contributed by atoms with van der Waals surface area (Å²) in [5, 5.41) is 12.9. The average molecular weight is 442 g/mol. The van der Waals surface area contributed by atoms with Crippen LogP contribution in [0.5, 0.6) is 0 Å². The Morgan fingerprint density at radius 2 is 1.47 bits per heavy atom. The zero-order valence-corrected chi connectivity index (χ0v) is 18.8. The minimum absolute atomic E-state index is 0.00727. The Kier molecular flexibility index (Phi) is 5.49. The molecule has 1 aliphatic rings. The van der Waals surface area contributed by atoms with Gasteiger partial charge in [-0.05, 0) is 71.5 Å². The van der Waals surface area contributed by atoms with Gasteiger partial charge in [-0.1, -0.05) is 66.4 Å². The number of nitrogens with zero attached hydrogens (tertiary/aromatic N) is 5. The molecule has 4 aromatic rings. The maximum Gasteiger partial charge on any atom is 0.242 e. The molecular formula is C25H23N5OS. The predicted molar refractivity (Wildman–Crippen MR) is 127 cm³/mol. The van der Waals surface area contributed by atoms with Gasteiger partial charge in [-0.25, -0.2) is 0 Å². The van der Waals surface area contributed by atoms with Crippen LogP contribution in [-0.2, 0) is 17.6 Å². The molecule has 0 fully saturated rings. The smallest absolute Gasteiger partial charge is 0.242 e. The van der Waals surface area contributed by atoms with Gasteiger partial charge >= 0.3 is 0 Å². The maximum absolute atomic E-state index is 13.6. The number of carbonyl (C=O) groups excluding carboxylic acids is 1. The standard InChI is InChI=1S/C25H23N5OS/c1-17-8-7-9-18(2)24(17)30-25(26-27-28-30)32-16-23(31)29-21-12-5-3-10-19(21)14-15-20-11-4-6-13-22(20)29/h3-13H,14-16H2,1-2H3. The highest BCUT2D eigenvalue weighted by molar-refractivity contribution is 7.99. The van der Waals surface area contributed by atoms with Crippen molar-refractivity contribution in [3.05, 3.63) is 89.0 Å². The molecule has 0 spiro atoms. The Hall–Kier alpha value is -3.45. The first-order chi connectivity index (χ1) is 15.6. The normalized spacial score (nSPS) is 12.8. The average Bonchev–Trinajstić information content (AvgIpc) is 3.18. The van der Waals surface area contributed by atoms with Crippen LogP contribution in [0.3, 0.4) is 0 Å². The highest BCUT2D eigenvalue weighted by atomic mass is 32.2. The van der Waals surface area contributed by atoms with E-state index in [9.17, 15) is 4.79 Å². The summed E-state index contributed by atoms with van der Waals surface area (Å²) < 4.78 is 1.73. The third-order valence-corrected chi connectivity index (χ3v) is 6.70. The van der Waals surface area contributed by atoms with Gasteiger partial charge in [-0.2, -0.15) is 4.68 Å². The topological polar surface area (TPSA) is 63.9 Å². The van der Waals surface area contributed by atoms with Crippen LogP contribution in [0.2, 0.25) is 0 Å². The van der Waals surface area contributed by atoms with Crippen LogP contribution >= 0.6 is 11.8 Å². The lowest BCUT2D eigenvalue weighted by molar-refractivity contribution is -0.115. The number of carbonyl (C=O) groups is 1. The van der Waals surface area contributed by atoms with E-state index in [0.717, 1.165) is 41.0 Å². The molecule has 2 heterocycles. The number of anilines is 2. The number of aromatic nitrogens is 4. The molecule has 0 aliphatic carbocycles. The van der Waals surface area contributed by atoms with Gasteiger partial charge in [0.05, 0.1) is 22.8 Å². The van der Waals surface area contributed by atoms with Crippen LogP contribution in [0.25, 0.3) is 5.69 Å². The molecule has 160 valence electrons. The Labute approximate surface area is 191 Å². The molecule has 1 amide bonds. The van der Waals surface area contributed by atoms with Gasteiger partial charge in [0.15, 0.2) is 0 Å². The summed E-state index contributed by atoms with van der Waals surface area (Å²) in [4.78, 5) is 15.4. The Bertz CT molecular complexity index is 1230. The van der Waals surface area contributed by atoms with Gasteiger partial charge in [-0.3, -0.25) is 9.69 Å². The van der Waals surface area contributed by atoms with Crippen molar-refractivity contribution >= 4 is 29.0 Å². The molecule has 7 heteroatoms. The SMILES string of the molecule is Cc1cccc(C)c1-n1nnnc1SCC(=O)N1c2ccccc2CCc2ccccc21. The second-order valence-corrected chi connectivity index (χ2v) is 8.83. The molecule has 0 radical (unpaired) electrons. The zero-order chi connectivity index (χ0) is 22.1. The largest absolute Gasteiger partial charge is 0.280 e. The summed E-state index contributed by atoms with van der Waals surface area (Å²) in [5.41, 5.74) is 7.40. The highest BCUT2D eigenvalue weighted by Gasteiger charge is 2.26. The van der Waals surface area contributed by atoms with Crippen LogP contribution in [0.4, 0.5) is 11.4 Å². The molecule has 6 nitrogen and oxygen atoms in total. The minimum atomic E-state index is 0.00727. The van der Waals surface area contributed by atoms with E-state index in [1.54, 1.807) is 4.68 Å². The number of hydrogen-bond donors (Lipinski definition) is 0. The van der Waals surface area contributed by atoms with Gasteiger partial charge < -0.3 is 0 Å². The number of hydrogen-bond acceptors (Lipinski definition) is 5. The van der Waals surface area contributed by atoms with E-state index in [1.807, 2.05) is 73.3 Å². The van der Waals surface area contributed by atoms with E-state index < -0.39 is 0 Å². The number of thioether (sulfide) groups is 1. The Morgan fingerprint density at radius 3 is 2.09 bits per heavy atom. The van der Waals surface area contributed by atoms with E-state index in [-0.39, 0.29) is 11.7 Å². The first kappa shape index (κ1) is 20.5. The van der Waals surface area contributed by atoms with Crippen LogP contribution < -0.4 is 4.90 Å². The number of para-hydroxylation sites is 3. The van der Waals surface area contributed by atoms with E-state index >= 15 is 0 Å². The van der Waals surface area contributed by atoms with Gasteiger partial charge in [0.1, 0.15) is 0 Å². The number of rotatable bonds is 4. The number of benzene rings is 3. The lowest BCUT2D eigenvalue weighted by Gasteiger charge is -2.24. The summed E-state index contributed by atoms with van der Waals surface area (Å²) in [6.45, 7) is 4.07. The number of tetrazole rings is 1. The van der Waals surface area contributed by atoms with E-state index in [0.29, 0.717) is 5.16 Å². The second kappa shape index (κ2) is 8.59. The summed E-state index contributed by atoms with van der Waals surface area (Å²) in [6, 6.07) is 22.4. The molecule has 5 rings (SSSR count). The van der Waals surface area contributed by atoms with Crippen molar-refractivity contribution in [1.29, 1.82) is 0 Å². The minimum Gasteiger partial charge on any atom is -0.280 e. The van der Waals surface area contributed by atoms with Crippen molar-refractivity contribution in [1.82, 2.24) is 20.2 Å². The molecule has 0 N–H and O–H groups in total. The summed E-state index contributed by atoms with van der Waals surface area (Å²) in [7, 11) is 0. The van der Waals surface area contributed by atoms with Gasteiger partial charge in [0, 0.05) is 0 Å². The summed E-state index contributed by atoms with van der Waals surface area (Å²) in [6.07, 6.45) is 1.82. The van der Waals surface area contributed by atoms with E-state index in [2.05, 4.69) is 27.7 Å². The molecule has 0 saturated heterocycles. The van der Waals surface area contributed by atoms with Gasteiger partial charge in [0.25, 0.3) is 0 Å². The maximum atomic E-state index is 13.6. The van der Waals surface area contributed by atoms with Crippen LogP contribution in [0.1, 0.15) is 22.3 Å². The fourth-order valence-corrected chi connectivity index (χ4v) is 5.01. The van der Waals surface area contributed by atoms with Crippen molar-refractivity contribution in [3.63, 3.8) is 0 Å². The fourth-order valence-electron chi connectivity index (χ4n) is 4.29. The quantitative estimate of drug-likeness (QED) is 0.424. The van der Waals surface area contributed by atoms with Gasteiger partial charge in [-0.15, -0.1) is 5.10 Å². The fraction of sp³-hybridized carbons (Fsp3) is 0.200. The number of fused-ring (bicyclic) bond motifs is 2. The van der Waals surface area contributed by atoms with Crippen molar-refractivity contribution in [2.45, 2.75) is 31.8 Å². The molecule has 0 unspecified atom stereocenters. The predicted octanol–water partition coefficient (Wildman–Crippen LogP) is 4.83. The van der Waals surface area contributed by atoms with Crippen LogP contribution in [0.15, 0.2) is 71.9 Å². The van der Waals surface area contributed by atoms with Gasteiger partial charge in [0.2, 0.25) is 11.1 Å². The Balaban J connectivity index is 1.46. The molecule has 32 heavy (non-hydrogen) atoms. The first-order valence-electron chi connectivity index (χ1n) is 10.6. The molecule has 1 aliphatic heterocycles. The van der Waals surface area contributed by atoms with Crippen LogP contribution in [0, 0.1) is 13.8 Å². The third-order valence-electron chi connectivity index (χ3n) is 5.80. The molecule has 0 saturated carbocycles. The lowest BCUT2D eigenvalue weighted by Crippen LogP contribution is -2.28. The van der Waals surface area contributed by atoms with E-state index in [4.69, 9.17) is 0 Å². The molecule has 1 aromatic heterocycles. The van der Waals surface area contributed by atoms with E-state index in [1.165, 1.54) is 22.9 Å². The van der Waals surface area contributed by atoms with Crippen LogP contribution in [-0.4, -0.2) is 31.9 Å². The number of aryl methyl sites for hydroxylation is 4. The van der Waals surface area contributed by atoms with Crippen molar-refractivity contribution in [3.8, 4) is 5.69 Å². The first-order valence-corrected chi connectivity index (χ1v) is 11.6. The van der Waals surface area contributed by atoms with Crippen molar-refractivity contribution in [2.75, 3.05) is 10.7 Å². The molecule has 0 bridgehead atoms. The Morgan fingerprint density at radius 1 is 0.875 bits per heavy atom. The third kappa shape index (κ3) is 3.69. The van der Waals surface area contributed by atoms with Crippen molar-refractivity contribution < 1.29 is 4.79 Å². The summed E-state index contributed by atoms with van der Waals surface area (Å²) >= 11 is 1.36. The monoisotopic (exact) mass is 441 g/mol. The molecular weight excluding hydrogens is 418 g/mol. The highest BCUT2D eigenvalue weighted by Crippen LogP contribution is 2.36. The van der Waals surface area contributed by atoms with Crippen molar-refractivity contribution in [2.24, 2.45) is 0 Å². The second-order valence-electron chi connectivity index (χ2n) is 7.89. The molecule has 3 aromatic carbocycles. The number of amides is 1. The molecule has 0 atom stereocenters. The summed E-state index contributed by atoms with van der Waals surface area (Å²) in [5.74, 6) is 0.237.